The van der Waals surface area contributed by atoms with Crippen LogP contribution < -0.4 is 5.32 Å². The van der Waals surface area contributed by atoms with E-state index in [-0.39, 0.29) is 0 Å². The molecule has 0 aromatic heterocycles. The molecule has 396 valence electrons. The summed E-state index contributed by atoms with van der Waals surface area (Å²) in [5.74, 6) is -0.575. The third-order valence-electron chi connectivity index (χ3n) is 14.8. The molecule has 0 saturated carbocycles. The lowest BCUT2D eigenvalue weighted by molar-refractivity contribution is -0.132. The summed E-state index contributed by atoms with van der Waals surface area (Å²) in [7, 11) is 0. The van der Waals surface area contributed by atoms with Crippen molar-refractivity contribution < 1.29 is 25.2 Å². The molecule has 66 heavy (non-hydrogen) atoms. The SMILES string of the molecule is CCCCCCCCCCCCCCCCCCCCCCCCCCCCCCCCC(O)C(=O)NC(CO)C(O)C(O)CCCCCCCCCCCCCCCCCCCCCC. The molecule has 6 nitrogen and oxygen atoms in total. The molecule has 0 aromatic carbocycles. The van der Waals surface area contributed by atoms with Crippen molar-refractivity contribution in [2.45, 2.75) is 372 Å². The minimum absolute atomic E-state index is 0.377. The summed E-state index contributed by atoms with van der Waals surface area (Å²) in [4.78, 5) is 12.6. The maximum Gasteiger partial charge on any atom is 0.249 e. The number of amides is 1. The molecular formula is C60H121NO5. The van der Waals surface area contributed by atoms with E-state index in [9.17, 15) is 25.2 Å². The van der Waals surface area contributed by atoms with E-state index in [2.05, 4.69) is 19.2 Å². The van der Waals surface area contributed by atoms with Gasteiger partial charge in [0.2, 0.25) is 5.91 Å². The first-order chi connectivity index (χ1) is 32.5. The molecule has 0 aliphatic rings. The van der Waals surface area contributed by atoms with Crippen LogP contribution in [0.4, 0.5) is 0 Å². The number of aliphatic hydroxyl groups is 4. The van der Waals surface area contributed by atoms with Gasteiger partial charge in [-0.25, -0.2) is 0 Å². The van der Waals surface area contributed by atoms with Gasteiger partial charge in [-0.1, -0.05) is 335 Å². The Bertz CT molecular complexity index is 917. The lowest BCUT2D eigenvalue weighted by Gasteiger charge is -2.27. The summed E-state index contributed by atoms with van der Waals surface area (Å²) in [5.41, 5.74) is 0. The molecule has 6 heteroatoms. The number of hydrogen-bond donors (Lipinski definition) is 5. The standard InChI is InChI=1S/C60H121NO5/c1-3-5-7-9-11-13-15-17-19-21-23-25-26-27-28-29-30-31-32-33-34-36-38-40-42-44-46-48-50-52-54-58(64)60(66)61-56(55-62)59(65)57(63)53-51-49-47-45-43-41-39-37-35-24-22-20-18-16-14-12-10-8-6-4-2/h56-59,62-65H,3-55H2,1-2H3,(H,61,66). The summed E-state index contributed by atoms with van der Waals surface area (Å²) in [6.45, 7) is 4.11. The third kappa shape index (κ3) is 48.3. The summed E-state index contributed by atoms with van der Waals surface area (Å²) >= 11 is 0. The highest BCUT2D eigenvalue weighted by Crippen LogP contribution is 2.19. The zero-order chi connectivity index (χ0) is 48.1. The smallest absolute Gasteiger partial charge is 0.249 e. The van der Waals surface area contributed by atoms with Crippen LogP contribution in [0.2, 0.25) is 0 Å². The Morgan fingerprint density at radius 1 is 0.318 bits per heavy atom. The second kappa shape index (κ2) is 55.2. The van der Waals surface area contributed by atoms with E-state index in [0.29, 0.717) is 12.8 Å². The summed E-state index contributed by atoms with van der Waals surface area (Å²) in [5, 5.41) is 44.1. The van der Waals surface area contributed by atoms with Crippen molar-refractivity contribution in [1.82, 2.24) is 5.32 Å². The number of carbonyl (C=O) groups excluding carboxylic acids is 1. The van der Waals surface area contributed by atoms with Gasteiger partial charge in [-0.2, -0.15) is 0 Å². The quantitative estimate of drug-likeness (QED) is 0.0390. The molecule has 0 heterocycles. The molecular weight excluding hydrogens is 815 g/mol. The number of aliphatic hydroxyl groups excluding tert-OH is 4. The van der Waals surface area contributed by atoms with Crippen molar-refractivity contribution in [2.75, 3.05) is 6.61 Å². The molecule has 0 rings (SSSR count). The number of hydrogen-bond acceptors (Lipinski definition) is 5. The van der Waals surface area contributed by atoms with Crippen LogP contribution in [0.1, 0.15) is 348 Å². The molecule has 5 N–H and O–H groups in total. The Labute approximate surface area is 413 Å². The first-order valence-corrected chi connectivity index (χ1v) is 30.4. The molecule has 0 fully saturated rings. The van der Waals surface area contributed by atoms with Crippen molar-refractivity contribution in [1.29, 1.82) is 0 Å². The minimum Gasteiger partial charge on any atom is -0.394 e. The lowest BCUT2D eigenvalue weighted by Crippen LogP contribution is -2.53. The van der Waals surface area contributed by atoms with Gasteiger partial charge in [-0.05, 0) is 12.8 Å². The highest BCUT2D eigenvalue weighted by molar-refractivity contribution is 5.80. The van der Waals surface area contributed by atoms with Crippen LogP contribution in [-0.4, -0.2) is 57.3 Å². The van der Waals surface area contributed by atoms with Gasteiger partial charge in [0.05, 0.1) is 18.8 Å². The van der Waals surface area contributed by atoms with Crippen molar-refractivity contribution in [3.05, 3.63) is 0 Å². The molecule has 0 bridgehead atoms. The molecule has 4 atom stereocenters. The summed E-state index contributed by atoms with van der Waals surface area (Å²) in [6, 6.07) is -0.981. The van der Waals surface area contributed by atoms with Gasteiger partial charge in [0.1, 0.15) is 12.2 Å². The van der Waals surface area contributed by atoms with E-state index in [4.69, 9.17) is 0 Å². The molecule has 0 aliphatic heterocycles. The fourth-order valence-corrected chi connectivity index (χ4v) is 10.1. The second-order valence-corrected chi connectivity index (χ2v) is 21.4. The van der Waals surface area contributed by atoms with E-state index in [1.165, 1.54) is 283 Å². The molecule has 0 saturated heterocycles. The van der Waals surface area contributed by atoms with Gasteiger partial charge in [0.25, 0.3) is 0 Å². The Hall–Kier alpha value is -0.690. The molecule has 4 unspecified atom stereocenters. The Kier molecular flexibility index (Phi) is 54.7. The zero-order valence-corrected chi connectivity index (χ0v) is 45.0. The van der Waals surface area contributed by atoms with Crippen LogP contribution in [0.5, 0.6) is 0 Å². The van der Waals surface area contributed by atoms with Gasteiger partial charge in [-0.15, -0.1) is 0 Å². The van der Waals surface area contributed by atoms with Crippen LogP contribution in [0.3, 0.4) is 0 Å². The highest BCUT2D eigenvalue weighted by Gasteiger charge is 2.28. The fraction of sp³-hybridized carbons (Fsp3) is 0.983. The molecule has 0 spiro atoms. The Morgan fingerprint density at radius 3 is 0.727 bits per heavy atom. The maximum absolute atomic E-state index is 12.6. The zero-order valence-electron chi connectivity index (χ0n) is 45.0. The summed E-state index contributed by atoms with van der Waals surface area (Å²) in [6.07, 6.45) is 64.8. The van der Waals surface area contributed by atoms with Gasteiger partial charge in [-0.3, -0.25) is 4.79 Å². The van der Waals surface area contributed by atoms with Crippen molar-refractivity contribution in [3.63, 3.8) is 0 Å². The van der Waals surface area contributed by atoms with Crippen LogP contribution in [0.25, 0.3) is 0 Å². The van der Waals surface area contributed by atoms with Crippen molar-refractivity contribution in [2.24, 2.45) is 0 Å². The average molecular weight is 937 g/mol. The Balaban J connectivity index is 3.54. The van der Waals surface area contributed by atoms with Gasteiger partial charge < -0.3 is 25.7 Å². The van der Waals surface area contributed by atoms with E-state index >= 15 is 0 Å². The minimum atomic E-state index is -1.25. The predicted molar refractivity (Wildman–Crippen MR) is 288 cm³/mol. The Morgan fingerprint density at radius 2 is 0.515 bits per heavy atom. The number of unbranched alkanes of at least 4 members (excludes halogenated alkanes) is 48. The predicted octanol–water partition coefficient (Wildman–Crippen LogP) is 17.9. The third-order valence-corrected chi connectivity index (χ3v) is 14.8. The molecule has 0 aliphatic carbocycles. The van der Waals surface area contributed by atoms with Gasteiger partial charge in [0.15, 0.2) is 0 Å². The first kappa shape index (κ1) is 65.3. The van der Waals surface area contributed by atoms with Crippen LogP contribution in [0, 0.1) is 0 Å². The van der Waals surface area contributed by atoms with Crippen LogP contribution >= 0.6 is 0 Å². The normalized spacial score (nSPS) is 13.6. The molecule has 0 radical (unpaired) electrons. The van der Waals surface area contributed by atoms with Crippen molar-refractivity contribution >= 4 is 5.91 Å². The highest BCUT2D eigenvalue weighted by atomic mass is 16.3. The van der Waals surface area contributed by atoms with E-state index in [1.807, 2.05) is 0 Å². The first-order valence-electron chi connectivity index (χ1n) is 30.4. The second-order valence-electron chi connectivity index (χ2n) is 21.4. The fourth-order valence-electron chi connectivity index (χ4n) is 10.1. The van der Waals surface area contributed by atoms with E-state index in [0.717, 1.165) is 38.5 Å². The van der Waals surface area contributed by atoms with Gasteiger partial charge >= 0.3 is 0 Å². The number of nitrogens with one attached hydrogen (secondary N) is 1. The van der Waals surface area contributed by atoms with Crippen molar-refractivity contribution in [3.8, 4) is 0 Å². The maximum atomic E-state index is 12.6. The number of carbonyl (C=O) groups is 1. The molecule has 1 amide bonds. The topological polar surface area (TPSA) is 110 Å². The van der Waals surface area contributed by atoms with Gasteiger partial charge in [0, 0.05) is 0 Å². The molecule has 0 aromatic rings. The monoisotopic (exact) mass is 936 g/mol. The lowest BCUT2D eigenvalue weighted by atomic mass is 9.99. The van der Waals surface area contributed by atoms with E-state index < -0.39 is 36.9 Å². The average Bonchev–Trinajstić information content (AvgIpc) is 3.32. The van der Waals surface area contributed by atoms with Crippen LogP contribution in [0.15, 0.2) is 0 Å². The summed E-state index contributed by atoms with van der Waals surface area (Å²) < 4.78 is 0. The van der Waals surface area contributed by atoms with E-state index in [1.54, 1.807) is 0 Å². The number of rotatable bonds is 57. The largest absolute Gasteiger partial charge is 0.394 e. The van der Waals surface area contributed by atoms with Crippen LogP contribution in [-0.2, 0) is 4.79 Å².